The average Bonchev–Trinajstić information content (AvgIpc) is 3.28. The number of carbonyl (C=O) groups excluding carboxylic acids is 1. The molecule has 5 rings (SSSR count). The Morgan fingerprint density at radius 2 is 1.84 bits per heavy atom. The molecule has 3 aromatic heterocycles. The van der Waals surface area contributed by atoms with Crippen LogP contribution in [0, 0.1) is 0 Å². The summed E-state index contributed by atoms with van der Waals surface area (Å²) in [5, 5.41) is 1.12. The van der Waals surface area contributed by atoms with E-state index >= 15 is 0 Å². The Hall–Kier alpha value is -3.32. The number of piperazine rings is 1. The van der Waals surface area contributed by atoms with Crippen LogP contribution >= 0.6 is 11.3 Å². The second-order valence-corrected chi connectivity index (χ2v) is 8.70. The largest absolute Gasteiger partial charge is 0.352 e. The van der Waals surface area contributed by atoms with Crippen molar-refractivity contribution in [2.75, 3.05) is 31.1 Å². The highest BCUT2D eigenvalue weighted by Crippen LogP contribution is 2.31. The highest BCUT2D eigenvalue weighted by atomic mass is 32.1. The van der Waals surface area contributed by atoms with Crippen LogP contribution in [0.1, 0.15) is 22.2 Å². The molecule has 0 N–H and O–H groups in total. The maximum Gasteiger partial charge on any atom is 0.253 e. The molecule has 0 bridgehead atoms. The highest BCUT2D eigenvalue weighted by molar-refractivity contribution is 7.18. The molecule has 6 nitrogen and oxygen atoms in total. The van der Waals surface area contributed by atoms with Gasteiger partial charge >= 0.3 is 0 Å². The van der Waals surface area contributed by atoms with Gasteiger partial charge in [0.15, 0.2) is 0 Å². The number of thiophene rings is 1. The molecule has 31 heavy (non-hydrogen) atoms. The third-order valence-electron chi connectivity index (χ3n) is 5.70. The van der Waals surface area contributed by atoms with Crippen LogP contribution in [0.15, 0.2) is 61.2 Å². The Labute approximate surface area is 185 Å². The molecule has 1 fully saturated rings. The first-order chi connectivity index (χ1) is 15.2. The van der Waals surface area contributed by atoms with E-state index in [4.69, 9.17) is 0 Å². The predicted octanol–water partition coefficient (Wildman–Crippen LogP) is 4.28. The second kappa shape index (κ2) is 8.43. The number of fused-ring (bicyclic) bond motifs is 1. The van der Waals surface area contributed by atoms with Gasteiger partial charge in [-0.2, -0.15) is 0 Å². The normalized spacial score (nSPS) is 14.2. The van der Waals surface area contributed by atoms with Gasteiger partial charge in [-0.1, -0.05) is 25.1 Å². The number of rotatable bonds is 4. The summed E-state index contributed by atoms with van der Waals surface area (Å²) >= 11 is 1.73. The molecule has 0 radical (unpaired) electrons. The molecular formula is C24H23N5OS. The van der Waals surface area contributed by atoms with E-state index in [-0.39, 0.29) is 5.91 Å². The zero-order valence-electron chi connectivity index (χ0n) is 17.4. The van der Waals surface area contributed by atoms with Gasteiger partial charge in [0.2, 0.25) is 0 Å². The van der Waals surface area contributed by atoms with Crippen LogP contribution < -0.4 is 4.90 Å². The zero-order valence-corrected chi connectivity index (χ0v) is 18.2. The maximum atomic E-state index is 13.0. The van der Waals surface area contributed by atoms with Gasteiger partial charge in [0.05, 0.1) is 5.39 Å². The van der Waals surface area contributed by atoms with Crippen molar-refractivity contribution in [3.8, 4) is 11.1 Å². The molecule has 1 aliphatic rings. The molecule has 1 amide bonds. The minimum Gasteiger partial charge on any atom is -0.352 e. The van der Waals surface area contributed by atoms with Gasteiger partial charge in [0, 0.05) is 49.0 Å². The standard InChI is InChI=1S/C24H23N5OS/c1-2-20-14-21-22(26-16-27-23(21)31-20)28-10-12-29(13-11-28)24(30)18-7-5-17(6-8-18)19-4-3-9-25-15-19/h3-9,14-16H,2,10-13H2,1H3. The van der Waals surface area contributed by atoms with Gasteiger partial charge in [-0.3, -0.25) is 9.78 Å². The van der Waals surface area contributed by atoms with Crippen molar-refractivity contribution >= 4 is 33.3 Å². The first-order valence-corrected chi connectivity index (χ1v) is 11.3. The molecule has 0 aliphatic carbocycles. The number of amides is 1. The quantitative estimate of drug-likeness (QED) is 0.485. The predicted molar refractivity (Wildman–Crippen MR) is 125 cm³/mol. The molecule has 156 valence electrons. The van der Waals surface area contributed by atoms with Crippen molar-refractivity contribution in [3.05, 3.63) is 71.6 Å². The number of anilines is 1. The molecule has 0 spiro atoms. The van der Waals surface area contributed by atoms with Gasteiger partial charge in [-0.15, -0.1) is 11.3 Å². The summed E-state index contributed by atoms with van der Waals surface area (Å²) in [4.78, 5) is 32.7. The Kier molecular flexibility index (Phi) is 5.34. The molecule has 1 aromatic carbocycles. The maximum absolute atomic E-state index is 13.0. The van der Waals surface area contributed by atoms with E-state index in [1.54, 1.807) is 23.9 Å². The minimum atomic E-state index is 0.0778. The van der Waals surface area contributed by atoms with E-state index in [9.17, 15) is 4.79 Å². The molecule has 0 unspecified atom stereocenters. The van der Waals surface area contributed by atoms with Crippen molar-refractivity contribution in [3.63, 3.8) is 0 Å². The smallest absolute Gasteiger partial charge is 0.253 e. The van der Waals surface area contributed by atoms with Gasteiger partial charge in [-0.25, -0.2) is 9.97 Å². The molecule has 0 atom stereocenters. The lowest BCUT2D eigenvalue weighted by atomic mass is 10.0. The van der Waals surface area contributed by atoms with Gasteiger partial charge in [0.1, 0.15) is 17.0 Å². The monoisotopic (exact) mass is 429 g/mol. The van der Waals surface area contributed by atoms with Crippen molar-refractivity contribution in [1.29, 1.82) is 0 Å². The molecule has 4 heterocycles. The van der Waals surface area contributed by atoms with Gasteiger partial charge in [-0.05, 0) is 41.8 Å². The highest BCUT2D eigenvalue weighted by Gasteiger charge is 2.24. The van der Waals surface area contributed by atoms with E-state index in [0.29, 0.717) is 13.1 Å². The van der Waals surface area contributed by atoms with Crippen LogP contribution in [0.25, 0.3) is 21.3 Å². The zero-order chi connectivity index (χ0) is 21.2. The summed E-state index contributed by atoms with van der Waals surface area (Å²) < 4.78 is 0. The van der Waals surface area contributed by atoms with E-state index < -0.39 is 0 Å². The molecule has 1 saturated heterocycles. The third kappa shape index (κ3) is 3.88. The lowest BCUT2D eigenvalue weighted by Crippen LogP contribution is -2.49. The lowest BCUT2D eigenvalue weighted by molar-refractivity contribution is 0.0746. The summed E-state index contributed by atoms with van der Waals surface area (Å²) in [6.07, 6.45) is 6.24. The number of hydrogen-bond donors (Lipinski definition) is 0. The first-order valence-electron chi connectivity index (χ1n) is 10.5. The topological polar surface area (TPSA) is 62.2 Å². The number of carbonyl (C=O) groups is 1. The van der Waals surface area contributed by atoms with Crippen LogP contribution in [0.4, 0.5) is 5.82 Å². The minimum absolute atomic E-state index is 0.0778. The second-order valence-electron chi connectivity index (χ2n) is 7.58. The summed E-state index contributed by atoms with van der Waals surface area (Å²) in [7, 11) is 0. The Morgan fingerprint density at radius 1 is 1.03 bits per heavy atom. The van der Waals surface area contributed by atoms with E-state index in [0.717, 1.165) is 52.2 Å². The number of hydrogen-bond acceptors (Lipinski definition) is 6. The third-order valence-corrected chi connectivity index (χ3v) is 6.89. The van der Waals surface area contributed by atoms with Gasteiger partial charge in [0.25, 0.3) is 5.91 Å². The number of aromatic nitrogens is 3. The molecule has 1 aliphatic heterocycles. The van der Waals surface area contributed by atoms with Crippen LogP contribution in [-0.2, 0) is 6.42 Å². The number of aryl methyl sites for hydroxylation is 1. The van der Waals surface area contributed by atoms with Crippen molar-refractivity contribution in [1.82, 2.24) is 19.9 Å². The fourth-order valence-electron chi connectivity index (χ4n) is 3.96. The van der Waals surface area contributed by atoms with E-state index in [2.05, 4.69) is 32.8 Å². The summed E-state index contributed by atoms with van der Waals surface area (Å²) in [5.74, 6) is 1.06. The first kappa shape index (κ1) is 19.6. The van der Waals surface area contributed by atoms with Crippen LogP contribution in [-0.4, -0.2) is 51.9 Å². The van der Waals surface area contributed by atoms with Crippen LogP contribution in [0.2, 0.25) is 0 Å². The van der Waals surface area contributed by atoms with Crippen LogP contribution in [0.5, 0.6) is 0 Å². The molecule has 0 saturated carbocycles. The summed E-state index contributed by atoms with van der Waals surface area (Å²) in [6.45, 7) is 5.05. The molecule has 7 heteroatoms. The van der Waals surface area contributed by atoms with Crippen molar-refractivity contribution < 1.29 is 4.79 Å². The fraction of sp³-hybridized carbons (Fsp3) is 0.250. The molecular weight excluding hydrogens is 406 g/mol. The van der Waals surface area contributed by atoms with Crippen molar-refractivity contribution in [2.45, 2.75) is 13.3 Å². The number of nitrogens with zero attached hydrogens (tertiary/aromatic N) is 5. The fourth-order valence-corrected chi connectivity index (χ4v) is 4.89. The SMILES string of the molecule is CCc1cc2c(N3CCN(C(=O)c4ccc(-c5cccnc5)cc4)CC3)ncnc2s1. The van der Waals surface area contributed by atoms with Gasteiger partial charge < -0.3 is 9.80 Å². The summed E-state index contributed by atoms with van der Waals surface area (Å²) in [5.41, 5.74) is 2.83. The molecule has 4 aromatic rings. The van der Waals surface area contributed by atoms with Crippen molar-refractivity contribution in [2.24, 2.45) is 0 Å². The number of pyridine rings is 1. The van der Waals surface area contributed by atoms with Crippen LogP contribution in [0.3, 0.4) is 0 Å². The Morgan fingerprint density at radius 3 is 2.55 bits per heavy atom. The summed E-state index contributed by atoms with van der Waals surface area (Å²) in [6, 6.07) is 13.9. The lowest BCUT2D eigenvalue weighted by Gasteiger charge is -2.35. The Bertz CT molecular complexity index is 1200. The average molecular weight is 430 g/mol. The van der Waals surface area contributed by atoms with E-state index in [1.165, 1.54) is 4.88 Å². The Balaban J connectivity index is 1.27. The van der Waals surface area contributed by atoms with E-state index in [1.807, 2.05) is 47.5 Å². The number of benzene rings is 1.